The zero-order chi connectivity index (χ0) is 18.9. The third kappa shape index (κ3) is 4.70. The minimum Gasteiger partial charge on any atom is -0.377 e. The van der Waals surface area contributed by atoms with Gasteiger partial charge in [-0.3, -0.25) is 0 Å². The molecule has 0 spiro atoms. The van der Waals surface area contributed by atoms with E-state index in [1.807, 2.05) is 6.92 Å². The van der Waals surface area contributed by atoms with Crippen molar-refractivity contribution in [3.05, 3.63) is 35.4 Å². The molecule has 0 amide bonds. The second kappa shape index (κ2) is 8.55. The van der Waals surface area contributed by atoms with E-state index in [2.05, 4.69) is 29.5 Å². The number of ether oxygens (including phenoxy) is 1. The Morgan fingerprint density at radius 3 is 2.52 bits per heavy atom. The first kappa shape index (κ1) is 22.3. The SMILES string of the molecule is CCNC(=NCc1ccc(C(F)(F)F)cc1)NC1C2CCOC2C1(C)C.I. The Balaban J connectivity index is 0.00000261. The maximum Gasteiger partial charge on any atom is 0.416 e. The topological polar surface area (TPSA) is 45.7 Å². The van der Waals surface area contributed by atoms with Crippen LogP contribution in [0.2, 0.25) is 0 Å². The van der Waals surface area contributed by atoms with E-state index in [0.29, 0.717) is 18.4 Å². The molecule has 1 saturated carbocycles. The Bertz CT molecular complexity index is 661. The lowest BCUT2D eigenvalue weighted by Crippen LogP contribution is -2.67. The number of aliphatic imine (C=N–C) groups is 1. The molecule has 1 heterocycles. The summed E-state index contributed by atoms with van der Waals surface area (Å²) in [5.41, 5.74) is 0.134. The number of guanidine groups is 1. The van der Waals surface area contributed by atoms with Crippen LogP contribution in [-0.4, -0.2) is 31.3 Å². The average molecular weight is 497 g/mol. The zero-order valence-corrected chi connectivity index (χ0v) is 18.1. The van der Waals surface area contributed by atoms with Crippen molar-refractivity contribution < 1.29 is 17.9 Å². The Morgan fingerprint density at radius 1 is 1.26 bits per heavy atom. The number of benzene rings is 1. The molecule has 3 rings (SSSR count). The third-order valence-electron chi connectivity index (χ3n) is 5.44. The van der Waals surface area contributed by atoms with Crippen molar-refractivity contribution in [3.8, 4) is 0 Å². The number of fused-ring (bicyclic) bond motifs is 1. The highest BCUT2D eigenvalue weighted by molar-refractivity contribution is 14.0. The largest absolute Gasteiger partial charge is 0.416 e. The van der Waals surface area contributed by atoms with Gasteiger partial charge >= 0.3 is 6.18 Å². The van der Waals surface area contributed by atoms with Gasteiger partial charge in [0.25, 0.3) is 0 Å². The maximum atomic E-state index is 12.6. The second-order valence-electron chi connectivity index (χ2n) is 7.58. The predicted molar refractivity (Wildman–Crippen MR) is 110 cm³/mol. The molecule has 1 saturated heterocycles. The van der Waals surface area contributed by atoms with Crippen LogP contribution in [0.15, 0.2) is 29.3 Å². The molecule has 0 bridgehead atoms. The van der Waals surface area contributed by atoms with Crippen molar-refractivity contribution in [3.63, 3.8) is 0 Å². The van der Waals surface area contributed by atoms with E-state index in [9.17, 15) is 13.2 Å². The molecular formula is C19H27F3IN3O. The smallest absolute Gasteiger partial charge is 0.377 e. The number of hydrogen-bond acceptors (Lipinski definition) is 2. The second-order valence-corrected chi connectivity index (χ2v) is 7.58. The molecule has 1 aliphatic carbocycles. The van der Waals surface area contributed by atoms with Gasteiger partial charge in [-0.1, -0.05) is 26.0 Å². The maximum absolute atomic E-state index is 12.6. The summed E-state index contributed by atoms with van der Waals surface area (Å²) < 4.78 is 43.7. The molecule has 2 N–H and O–H groups in total. The van der Waals surface area contributed by atoms with Gasteiger partial charge in [0.2, 0.25) is 0 Å². The first-order chi connectivity index (χ1) is 12.2. The summed E-state index contributed by atoms with van der Waals surface area (Å²) in [7, 11) is 0. The number of halogens is 4. The Hall–Kier alpha value is -1.03. The fraction of sp³-hybridized carbons (Fsp3) is 0.632. The van der Waals surface area contributed by atoms with Gasteiger partial charge in [0.15, 0.2) is 5.96 Å². The number of nitrogens with one attached hydrogen (secondary N) is 2. The third-order valence-corrected chi connectivity index (χ3v) is 5.44. The molecule has 2 fully saturated rings. The molecule has 1 aromatic carbocycles. The number of alkyl halides is 3. The first-order valence-corrected chi connectivity index (χ1v) is 9.06. The van der Waals surface area contributed by atoms with Crippen LogP contribution in [0, 0.1) is 11.3 Å². The Labute approximate surface area is 175 Å². The highest BCUT2D eigenvalue weighted by atomic mass is 127. The van der Waals surface area contributed by atoms with Gasteiger partial charge in [-0.2, -0.15) is 13.2 Å². The lowest BCUT2D eigenvalue weighted by Gasteiger charge is -2.54. The molecular weight excluding hydrogens is 470 g/mol. The lowest BCUT2D eigenvalue weighted by atomic mass is 9.57. The van der Waals surface area contributed by atoms with Crippen molar-refractivity contribution in [1.82, 2.24) is 10.6 Å². The Morgan fingerprint density at radius 2 is 1.93 bits per heavy atom. The van der Waals surface area contributed by atoms with E-state index in [-0.39, 0.29) is 41.5 Å². The van der Waals surface area contributed by atoms with Crippen LogP contribution in [0.1, 0.15) is 38.3 Å². The summed E-state index contributed by atoms with van der Waals surface area (Å²) in [5, 5.41) is 6.72. The summed E-state index contributed by atoms with van der Waals surface area (Å²) >= 11 is 0. The van der Waals surface area contributed by atoms with Crippen molar-refractivity contribution in [2.24, 2.45) is 16.3 Å². The first-order valence-electron chi connectivity index (χ1n) is 9.06. The molecule has 3 atom stereocenters. The van der Waals surface area contributed by atoms with Crippen LogP contribution in [-0.2, 0) is 17.5 Å². The van der Waals surface area contributed by atoms with Gasteiger partial charge in [0.1, 0.15) is 0 Å². The number of rotatable bonds is 4. The van der Waals surface area contributed by atoms with Crippen LogP contribution in [0.4, 0.5) is 13.2 Å². The molecule has 0 aromatic heterocycles. The van der Waals surface area contributed by atoms with Crippen LogP contribution < -0.4 is 10.6 Å². The van der Waals surface area contributed by atoms with Gasteiger partial charge < -0.3 is 15.4 Å². The number of nitrogens with zero attached hydrogens (tertiary/aromatic N) is 1. The molecule has 27 heavy (non-hydrogen) atoms. The summed E-state index contributed by atoms with van der Waals surface area (Å²) in [5.74, 6) is 1.18. The molecule has 8 heteroatoms. The van der Waals surface area contributed by atoms with E-state index >= 15 is 0 Å². The van der Waals surface area contributed by atoms with E-state index in [0.717, 1.165) is 37.3 Å². The summed E-state index contributed by atoms with van der Waals surface area (Å²) in [4.78, 5) is 4.55. The van der Waals surface area contributed by atoms with Crippen molar-refractivity contribution in [2.45, 2.75) is 52.1 Å². The van der Waals surface area contributed by atoms with E-state index in [1.54, 1.807) is 0 Å². The monoisotopic (exact) mass is 497 g/mol. The number of hydrogen-bond donors (Lipinski definition) is 2. The predicted octanol–water partition coefficient (Wildman–Crippen LogP) is 4.19. The van der Waals surface area contributed by atoms with Crippen LogP contribution in [0.25, 0.3) is 0 Å². The van der Waals surface area contributed by atoms with Gasteiger partial charge in [-0.15, -0.1) is 24.0 Å². The lowest BCUT2D eigenvalue weighted by molar-refractivity contribution is -0.137. The minimum atomic E-state index is -4.31. The van der Waals surface area contributed by atoms with Crippen molar-refractivity contribution in [2.75, 3.05) is 13.2 Å². The highest BCUT2D eigenvalue weighted by Crippen LogP contribution is 2.52. The summed E-state index contributed by atoms with van der Waals surface area (Å²) in [6.07, 6.45) is -2.98. The highest BCUT2D eigenvalue weighted by Gasteiger charge is 2.59. The average Bonchev–Trinajstić information content (AvgIpc) is 3.04. The molecule has 4 nitrogen and oxygen atoms in total. The van der Waals surface area contributed by atoms with Crippen molar-refractivity contribution >= 4 is 29.9 Å². The fourth-order valence-corrected chi connectivity index (χ4v) is 4.05. The summed E-state index contributed by atoms with van der Waals surface area (Å²) in [6.45, 7) is 8.22. The van der Waals surface area contributed by atoms with Crippen molar-refractivity contribution in [1.29, 1.82) is 0 Å². The molecule has 1 aromatic rings. The fourth-order valence-electron chi connectivity index (χ4n) is 4.05. The Kier molecular flexibility index (Phi) is 7.05. The molecule has 152 valence electrons. The van der Waals surface area contributed by atoms with E-state index < -0.39 is 11.7 Å². The van der Waals surface area contributed by atoms with E-state index in [4.69, 9.17) is 4.74 Å². The summed E-state index contributed by atoms with van der Waals surface area (Å²) in [6, 6.07) is 5.43. The standard InChI is InChI=1S/C19H26F3N3O.HI/c1-4-23-17(25-15-14-9-10-26-16(14)18(15,2)3)24-11-12-5-7-13(8-6-12)19(20,21)22;/h5-8,14-16H,4,9-11H2,1-3H3,(H2,23,24,25);1H. The molecule has 2 aliphatic rings. The normalized spacial score (nSPS) is 26.6. The molecule has 0 radical (unpaired) electrons. The van der Waals surface area contributed by atoms with Gasteiger partial charge in [0, 0.05) is 30.5 Å². The van der Waals surface area contributed by atoms with Gasteiger partial charge in [0.05, 0.1) is 18.2 Å². The minimum absolute atomic E-state index is 0. The molecule has 3 unspecified atom stereocenters. The molecule has 1 aliphatic heterocycles. The quantitative estimate of drug-likeness (QED) is 0.373. The van der Waals surface area contributed by atoms with Crippen LogP contribution in [0.5, 0.6) is 0 Å². The zero-order valence-electron chi connectivity index (χ0n) is 15.8. The van der Waals surface area contributed by atoms with Crippen LogP contribution >= 0.6 is 24.0 Å². The van der Waals surface area contributed by atoms with Crippen LogP contribution in [0.3, 0.4) is 0 Å². The van der Waals surface area contributed by atoms with E-state index in [1.165, 1.54) is 12.1 Å². The van der Waals surface area contributed by atoms with Gasteiger partial charge in [-0.25, -0.2) is 4.99 Å². The van der Waals surface area contributed by atoms with Gasteiger partial charge in [-0.05, 0) is 31.0 Å².